The van der Waals surface area contributed by atoms with E-state index in [-0.39, 0.29) is 38.1 Å². The molecule has 40 heavy (non-hydrogen) atoms. The molecule has 228 valence electrons. The van der Waals surface area contributed by atoms with Gasteiger partial charge in [-0.25, -0.2) is 14.4 Å². The molecule has 0 aliphatic heterocycles. The lowest BCUT2D eigenvalue weighted by Gasteiger charge is -2.17. The number of benzene rings is 1. The van der Waals surface area contributed by atoms with Crippen LogP contribution in [0.2, 0.25) is 0 Å². The van der Waals surface area contributed by atoms with E-state index >= 15 is 0 Å². The Labute approximate surface area is 235 Å². The first-order valence-electron chi connectivity index (χ1n) is 12.9. The number of amides is 6. The van der Waals surface area contributed by atoms with Crippen molar-refractivity contribution in [3.63, 3.8) is 0 Å². The minimum absolute atomic E-state index is 0.0266. The molecule has 1 aromatic rings. The van der Waals surface area contributed by atoms with Crippen molar-refractivity contribution in [1.29, 1.82) is 0 Å². The van der Waals surface area contributed by atoms with Gasteiger partial charge in [-0.05, 0) is 30.0 Å². The molecule has 6 amide bonds. The van der Waals surface area contributed by atoms with E-state index in [1.165, 1.54) is 11.9 Å². The van der Waals surface area contributed by atoms with Crippen molar-refractivity contribution in [1.82, 2.24) is 20.9 Å². The van der Waals surface area contributed by atoms with Gasteiger partial charge in [0.15, 0.2) is 0 Å². The Morgan fingerprint density at radius 1 is 0.975 bits per heavy atom. The van der Waals surface area contributed by atoms with E-state index in [1.54, 1.807) is 24.3 Å². The minimum Gasteiger partial charge on any atom is -0.445 e. The van der Waals surface area contributed by atoms with E-state index in [4.69, 9.17) is 16.2 Å². The maximum atomic E-state index is 11.9. The number of nitrogens with one attached hydrogen (secondary N) is 4. The summed E-state index contributed by atoms with van der Waals surface area (Å²) in [6, 6.07) is 5.56. The van der Waals surface area contributed by atoms with Crippen LogP contribution in [0.3, 0.4) is 0 Å². The van der Waals surface area contributed by atoms with Gasteiger partial charge in [0.25, 0.3) is 0 Å². The zero-order valence-electron chi connectivity index (χ0n) is 24.2. The molecule has 0 bridgehead atoms. The van der Waals surface area contributed by atoms with Crippen molar-refractivity contribution in [3.05, 3.63) is 29.8 Å². The SMILES string of the molecule is CC.CC(C)C(N)C(=O)NCC(=O)Nc1ccc(COC(=O)N(C)CCNC(=O)ON)cc1.CCCNC(N)=O. The number of carbonyl (C=O) groups is 5. The van der Waals surface area contributed by atoms with Crippen molar-refractivity contribution in [2.45, 2.75) is 53.7 Å². The van der Waals surface area contributed by atoms with E-state index in [2.05, 4.69) is 32.0 Å². The molecule has 1 unspecified atom stereocenters. The fourth-order valence-electron chi connectivity index (χ4n) is 2.44. The normalized spacial score (nSPS) is 10.3. The number of hydrogen-bond acceptors (Lipinski definition) is 9. The van der Waals surface area contributed by atoms with Crippen molar-refractivity contribution >= 4 is 35.7 Å². The highest BCUT2D eigenvalue weighted by Crippen LogP contribution is 2.11. The topological polar surface area (TPSA) is 233 Å². The first-order valence-corrected chi connectivity index (χ1v) is 12.9. The molecule has 0 saturated carbocycles. The summed E-state index contributed by atoms with van der Waals surface area (Å²) in [5, 5.41) is 9.91. The first kappa shape index (κ1) is 38.0. The van der Waals surface area contributed by atoms with Gasteiger partial charge in [-0.2, -0.15) is 5.90 Å². The van der Waals surface area contributed by atoms with Crippen LogP contribution in [0.25, 0.3) is 0 Å². The molecule has 1 aromatic carbocycles. The summed E-state index contributed by atoms with van der Waals surface area (Å²) in [4.78, 5) is 61.6. The van der Waals surface area contributed by atoms with Crippen LogP contribution < -0.4 is 38.6 Å². The van der Waals surface area contributed by atoms with Crippen LogP contribution in [-0.4, -0.2) is 74.2 Å². The molecule has 0 radical (unpaired) electrons. The summed E-state index contributed by atoms with van der Waals surface area (Å²) >= 11 is 0. The summed E-state index contributed by atoms with van der Waals surface area (Å²) in [6.45, 7) is 10.5. The Bertz CT molecular complexity index is 898. The zero-order chi connectivity index (χ0) is 31.1. The summed E-state index contributed by atoms with van der Waals surface area (Å²) in [5.41, 5.74) is 11.7. The maximum absolute atomic E-state index is 11.9. The molecule has 10 N–H and O–H groups in total. The molecule has 0 aliphatic carbocycles. The molecular formula is C25H46N8O7. The summed E-state index contributed by atoms with van der Waals surface area (Å²) in [5.74, 6) is 3.87. The lowest BCUT2D eigenvalue weighted by Crippen LogP contribution is -2.46. The number of primary amides is 1. The summed E-state index contributed by atoms with van der Waals surface area (Å²) < 4.78 is 5.17. The van der Waals surface area contributed by atoms with E-state index < -0.39 is 30.2 Å². The molecule has 0 spiro atoms. The Morgan fingerprint density at radius 2 is 1.57 bits per heavy atom. The third-order valence-electron chi connectivity index (χ3n) is 4.73. The Morgan fingerprint density at radius 3 is 2.05 bits per heavy atom. The fraction of sp³-hybridized carbons (Fsp3) is 0.560. The first-order chi connectivity index (χ1) is 18.9. The molecule has 0 aliphatic rings. The number of hydrogen-bond donors (Lipinski definition) is 7. The highest BCUT2D eigenvalue weighted by molar-refractivity contribution is 5.95. The van der Waals surface area contributed by atoms with Gasteiger partial charge in [0, 0.05) is 32.4 Å². The largest absolute Gasteiger partial charge is 0.445 e. The van der Waals surface area contributed by atoms with Crippen LogP contribution in [0.4, 0.5) is 20.1 Å². The van der Waals surface area contributed by atoms with Gasteiger partial charge in [0.1, 0.15) is 6.61 Å². The summed E-state index contributed by atoms with van der Waals surface area (Å²) in [6.07, 6.45) is -0.436. The zero-order valence-corrected chi connectivity index (χ0v) is 24.2. The Hall–Kier alpha value is -4.11. The summed E-state index contributed by atoms with van der Waals surface area (Å²) in [7, 11) is 1.52. The van der Waals surface area contributed by atoms with Crippen molar-refractivity contribution < 1.29 is 33.5 Å². The van der Waals surface area contributed by atoms with Gasteiger partial charge in [-0.15, -0.1) is 0 Å². The lowest BCUT2D eigenvalue weighted by atomic mass is 10.1. The number of ether oxygens (including phenoxy) is 1. The molecule has 0 saturated heterocycles. The van der Waals surface area contributed by atoms with Crippen molar-refractivity contribution in [2.75, 3.05) is 38.5 Å². The Balaban J connectivity index is 0. The molecule has 15 heteroatoms. The molecule has 1 rings (SSSR count). The molecule has 1 atom stereocenters. The van der Waals surface area contributed by atoms with Crippen LogP contribution in [-0.2, 0) is 25.8 Å². The van der Waals surface area contributed by atoms with Crippen molar-refractivity contribution in [2.24, 2.45) is 23.3 Å². The molecule has 0 heterocycles. The number of rotatable bonds is 12. The number of anilines is 1. The third kappa shape index (κ3) is 19.0. The smallest absolute Gasteiger partial charge is 0.425 e. The number of urea groups is 1. The number of nitrogens with zero attached hydrogens (tertiary/aromatic N) is 1. The predicted molar refractivity (Wildman–Crippen MR) is 152 cm³/mol. The number of likely N-dealkylation sites (N-methyl/N-ethyl adjacent to an activating group) is 1. The standard InChI is InChI=1S/C19H30N6O6.C4H10N2O.C2H6/c1-12(2)16(20)17(27)23-10-15(26)24-14-6-4-13(5-7-14)11-30-19(29)25(3)9-8-22-18(28)31-21;1-2-3-6-4(5)7;1-2/h4-7,12,16H,8-11,20-21H2,1-3H3,(H,22,28)(H,23,27)(H,24,26);2-3H2,1H3,(H3,5,6,7);1-2H3. The highest BCUT2D eigenvalue weighted by atomic mass is 16.7. The van der Waals surface area contributed by atoms with Crippen LogP contribution in [0.5, 0.6) is 0 Å². The lowest BCUT2D eigenvalue weighted by molar-refractivity contribution is -0.125. The van der Waals surface area contributed by atoms with Crippen LogP contribution in [0, 0.1) is 5.92 Å². The van der Waals surface area contributed by atoms with Crippen LogP contribution in [0.15, 0.2) is 24.3 Å². The number of carbonyl (C=O) groups excluding carboxylic acids is 5. The van der Waals surface area contributed by atoms with Crippen LogP contribution >= 0.6 is 0 Å². The maximum Gasteiger partial charge on any atom is 0.425 e. The van der Waals surface area contributed by atoms with Gasteiger partial charge in [0.2, 0.25) is 11.8 Å². The molecular weight excluding hydrogens is 524 g/mol. The molecule has 0 fully saturated rings. The fourth-order valence-corrected chi connectivity index (χ4v) is 2.44. The number of nitrogens with two attached hydrogens (primary N) is 3. The second-order valence-corrected chi connectivity index (χ2v) is 8.33. The highest BCUT2D eigenvalue weighted by Gasteiger charge is 2.17. The average molecular weight is 571 g/mol. The molecule has 15 nitrogen and oxygen atoms in total. The van der Waals surface area contributed by atoms with Gasteiger partial charge in [0.05, 0.1) is 12.6 Å². The van der Waals surface area contributed by atoms with Gasteiger partial charge >= 0.3 is 18.2 Å². The predicted octanol–water partition coefficient (Wildman–Crippen LogP) is 0.984. The van der Waals surface area contributed by atoms with E-state index in [0.717, 1.165) is 6.42 Å². The average Bonchev–Trinajstić information content (AvgIpc) is 2.94. The van der Waals surface area contributed by atoms with Gasteiger partial charge in [-0.1, -0.05) is 46.8 Å². The van der Waals surface area contributed by atoms with E-state index in [0.29, 0.717) is 17.8 Å². The van der Waals surface area contributed by atoms with E-state index in [1.807, 2.05) is 34.6 Å². The minimum atomic E-state index is -0.796. The quantitative estimate of drug-likeness (QED) is 0.177. The second kappa shape index (κ2) is 22.8. The second-order valence-electron chi connectivity index (χ2n) is 8.33. The van der Waals surface area contributed by atoms with Gasteiger partial charge in [-0.3, -0.25) is 9.59 Å². The Kier molecular flexibility index (Phi) is 21.7. The van der Waals surface area contributed by atoms with E-state index in [9.17, 15) is 24.0 Å². The van der Waals surface area contributed by atoms with Crippen molar-refractivity contribution in [3.8, 4) is 0 Å². The monoisotopic (exact) mass is 570 g/mol. The molecule has 0 aromatic heterocycles. The van der Waals surface area contributed by atoms with Gasteiger partial charge < -0.3 is 47.2 Å². The van der Waals surface area contributed by atoms with Crippen LogP contribution in [0.1, 0.15) is 46.6 Å². The third-order valence-corrected chi connectivity index (χ3v) is 4.73.